The fraction of sp³-hybridized carbons (Fsp3) is 0.176. The van der Waals surface area contributed by atoms with Crippen LogP contribution < -0.4 is 15.4 Å². The minimum atomic E-state index is -0.188. The molecule has 0 spiro atoms. The summed E-state index contributed by atoms with van der Waals surface area (Å²) in [6.45, 7) is 1.93. The summed E-state index contributed by atoms with van der Waals surface area (Å²) in [6, 6.07) is 12.8. The van der Waals surface area contributed by atoms with Crippen molar-refractivity contribution >= 4 is 40.5 Å². The zero-order valence-electron chi connectivity index (χ0n) is 12.9. The van der Waals surface area contributed by atoms with Gasteiger partial charge in [0.15, 0.2) is 5.11 Å². The molecule has 0 radical (unpaired) electrons. The standard InChI is InChI=1S/C17H17ClN2O2S/c1-11-3-6-13(18)10-15(11)19-17(23)20-16(21)9-12-4-7-14(22-2)8-5-12/h3-8,10H,9H2,1-2H3,(H2,19,20,21,23). The van der Waals surface area contributed by atoms with Crippen molar-refractivity contribution in [3.8, 4) is 5.75 Å². The molecular formula is C17H17ClN2O2S. The van der Waals surface area contributed by atoms with Crippen molar-refractivity contribution in [3.05, 3.63) is 58.6 Å². The fourth-order valence-corrected chi connectivity index (χ4v) is 2.38. The Kier molecular flexibility index (Phi) is 5.96. The van der Waals surface area contributed by atoms with Crippen LogP contribution in [-0.4, -0.2) is 18.1 Å². The molecule has 6 heteroatoms. The number of rotatable bonds is 4. The molecule has 0 unspecified atom stereocenters. The largest absolute Gasteiger partial charge is 0.497 e. The van der Waals surface area contributed by atoms with Crippen molar-refractivity contribution in [1.82, 2.24) is 5.32 Å². The molecular weight excluding hydrogens is 332 g/mol. The van der Waals surface area contributed by atoms with Crippen LogP contribution in [0.25, 0.3) is 0 Å². The van der Waals surface area contributed by atoms with Gasteiger partial charge < -0.3 is 15.4 Å². The molecule has 0 saturated heterocycles. The quantitative estimate of drug-likeness (QED) is 0.827. The molecule has 4 nitrogen and oxygen atoms in total. The van der Waals surface area contributed by atoms with Crippen LogP contribution in [0.4, 0.5) is 5.69 Å². The summed E-state index contributed by atoms with van der Waals surface area (Å²) in [6.07, 6.45) is 0.236. The van der Waals surface area contributed by atoms with Crippen molar-refractivity contribution in [2.75, 3.05) is 12.4 Å². The van der Waals surface area contributed by atoms with Crippen LogP contribution in [0.15, 0.2) is 42.5 Å². The van der Waals surface area contributed by atoms with Gasteiger partial charge in [-0.25, -0.2) is 0 Å². The molecule has 0 aliphatic carbocycles. The maximum atomic E-state index is 12.0. The van der Waals surface area contributed by atoms with Gasteiger partial charge in [0.25, 0.3) is 0 Å². The number of aryl methyl sites for hydroxylation is 1. The maximum absolute atomic E-state index is 12.0. The van der Waals surface area contributed by atoms with Gasteiger partial charge >= 0.3 is 0 Å². The molecule has 0 heterocycles. The Morgan fingerprint density at radius 1 is 1.22 bits per heavy atom. The number of hydrogen-bond acceptors (Lipinski definition) is 3. The summed E-state index contributed by atoms with van der Waals surface area (Å²) in [4.78, 5) is 12.0. The van der Waals surface area contributed by atoms with Crippen LogP contribution in [0, 0.1) is 6.92 Å². The van der Waals surface area contributed by atoms with Crippen LogP contribution in [0.5, 0.6) is 5.75 Å². The highest BCUT2D eigenvalue weighted by molar-refractivity contribution is 7.80. The predicted octanol–water partition coefficient (Wildman–Crippen LogP) is 3.71. The summed E-state index contributed by atoms with van der Waals surface area (Å²) in [5, 5.41) is 6.49. The number of benzene rings is 2. The Hall–Kier alpha value is -2.11. The van der Waals surface area contributed by atoms with E-state index in [1.54, 1.807) is 19.2 Å². The number of ether oxygens (including phenoxy) is 1. The van der Waals surface area contributed by atoms with E-state index in [-0.39, 0.29) is 17.4 Å². The van der Waals surface area contributed by atoms with E-state index in [4.69, 9.17) is 28.6 Å². The summed E-state index contributed by atoms with van der Waals surface area (Å²) in [7, 11) is 1.60. The Labute approximate surface area is 145 Å². The highest BCUT2D eigenvalue weighted by atomic mass is 35.5. The Balaban J connectivity index is 1.91. The van der Waals surface area contributed by atoms with Crippen LogP contribution in [-0.2, 0) is 11.2 Å². The van der Waals surface area contributed by atoms with Crippen LogP contribution in [0.2, 0.25) is 5.02 Å². The van der Waals surface area contributed by atoms with Gasteiger partial charge in [0, 0.05) is 10.7 Å². The molecule has 120 valence electrons. The Morgan fingerprint density at radius 3 is 2.57 bits per heavy atom. The summed E-state index contributed by atoms with van der Waals surface area (Å²) < 4.78 is 5.08. The third kappa shape index (κ3) is 5.23. The van der Waals surface area contributed by atoms with Gasteiger partial charge in [0.1, 0.15) is 5.75 Å². The number of hydrogen-bond donors (Lipinski definition) is 2. The number of carbonyl (C=O) groups excluding carboxylic acids is 1. The number of halogens is 1. The second-order valence-electron chi connectivity index (χ2n) is 4.99. The van der Waals surface area contributed by atoms with E-state index in [9.17, 15) is 4.79 Å². The minimum absolute atomic E-state index is 0.188. The average molecular weight is 349 g/mol. The molecule has 1 amide bonds. The second-order valence-corrected chi connectivity index (χ2v) is 5.83. The molecule has 2 N–H and O–H groups in total. The van der Waals surface area contributed by atoms with Crippen LogP contribution in [0.3, 0.4) is 0 Å². The SMILES string of the molecule is COc1ccc(CC(=O)NC(=S)Nc2cc(Cl)ccc2C)cc1. The van der Waals surface area contributed by atoms with Gasteiger partial charge in [-0.3, -0.25) is 4.79 Å². The lowest BCUT2D eigenvalue weighted by Gasteiger charge is -2.12. The van der Waals surface area contributed by atoms with E-state index < -0.39 is 0 Å². The number of thiocarbonyl (C=S) groups is 1. The highest BCUT2D eigenvalue weighted by Gasteiger charge is 2.08. The molecule has 0 aliphatic rings. The van der Waals surface area contributed by atoms with Crippen LogP contribution >= 0.6 is 23.8 Å². The molecule has 0 saturated carbocycles. The summed E-state index contributed by atoms with van der Waals surface area (Å²) in [5.41, 5.74) is 2.64. The van der Waals surface area contributed by atoms with E-state index >= 15 is 0 Å². The molecule has 2 aromatic carbocycles. The molecule has 0 atom stereocenters. The van der Waals surface area contributed by atoms with E-state index in [0.29, 0.717) is 5.02 Å². The van der Waals surface area contributed by atoms with Crippen molar-refractivity contribution in [2.45, 2.75) is 13.3 Å². The molecule has 2 rings (SSSR count). The van der Waals surface area contributed by atoms with E-state index in [0.717, 1.165) is 22.6 Å². The van der Waals surface area contributed by atoms with Gasteiger partial charge in [-0.05, 0) is 54.5 Å². The first kappa shape index (κ1) is 17.2. The van der Waals surface area contributed by atoms with Gasteiger partial charge in [-0.2, -0.15) is 0 Å². The van der Waals surface area contributed by atoms with Crippen molar-refractivity contribution in [2.24, 2.45) is 0 Å². The van der Waals surface area contributed by atoms with Crippen LogP contribution in [0.1, 0.15) is 11.1 Å². The zero-order valence-corrected chi connectivity index (χ0v) is 14.4. The lowest BCUT2D eigenvalue weighted by Crippen LogP contribution is -2.35. The van der Waals surface area contributed by atoms with Crippen molar-refractivity contribution in [3.63, 3.8) is 0 Å². The summed E-state index contributed by atoms with van der Waals surface area (Å²) in [5.74, 6) is 0.565. The predicted molar refractivity (Wildman–Crippen MR) is 97.3 cm³/mol. The summed E-state index contributed by atoms with van der Waals surface area (Å²) >= 11 is 11.1. The molecule has 0 aliphatic heterocycles. The van der Waals surface area contributed by atoms with E-state index in [1.807, 2.05) is 37.3 Å². The van der Waals surface area contributed by atoms with E-state index in [2.05, 4.69) is 10.6 Å². The monoisotopic (exact) mass is 348 g/mol. The van der Waals surface area contributed by atoms with Crippen molar-refractivity contribution < 1.29 is 9.53 Å². The first-order chi connectivity index (χ1) is 11.0. The third-order valence-corrected chi connectivity index (χ3v) is 3.66. The highest BCUT2D eigenvalue weighted by Crippen LogP contribution is 2.20. The minimum Gasteiger partial charge on any atom is -0.497 e. The zero-order chi connectivity index (χ0) is 16.8. The first-order valence-corrected chi connectivity index (χ1v) is 7.76. The molecule has 0 fully saturated rings. The first-order valence-electron chi connectivity index (χ1n) is 6.98. The number of nitrogens with one attached hydrogen (secondary N) is 2. The third-order valence-electron chi connectivity index (χ3n) is 3.22. The number of amides is 1. The van der Waals surface area contributed by atoms with Gasteiger partial charge in [0.05, 0.1) is 13.5 Å². The lowest BCUT2D eigenvalue weighted by molar-refractivity contribution is -0.119. The molecule has 2 aromatic rings. The Bertz CT molecular complexity index is 717. The lowest BCUT2D eigenvalue weighted by atomic mass is 10.1. The second kappa shape index (κ2) is 7.94. The number of anilines is 1. The van der Waals surface area contributed by atoms with Gasteiger partial charge in [0.2, 0.25) is 5.91 Å². The number of carbonyl (C=O) groups is 1. The topological polar surface area (TPSA) is 50.4 Å². The molecule has 0 aromatic heterocycles. The fourth-order valence-electron chi connectivity index (χ4n) is 1.98. The average Bonchev–Trinajstić information content (AvgIpc) is 2.51. The normalized spacial score (nSPS) is 10.0. The van der Waals surface area contributed by atoms with Crippen molar-refractivity contribution in [1.29, 1.82) is 0 Å². The smallest absolute Gasteiger partial charge is 0.230 e. The molecule has 0 bridgehead atoms. The maximum Gasteiger partial charge on any atom is 0.230 e. The van der Waals surface area contributed by atoms with Gasteiger partial charge in [-0.15, -0.1) is 0 Å². The number of methoxy groups -OCH3 is 1. The van der Waals surface area contributed by atoms with Gasteiger partial charge in [-0.1, -0.05) is 29.8 Å². The molecule has 23 heavy (non-hydrogen) atoms. The van der Waals surface area contributed by atoms with E-state index in [1.165, 1.54) is 0 Å². The Morgan fingerprint density at radius 2 is 1.91 bits per heavy atom.